The Morgan fingerprint density at radius 3 is 3.00 bits per heavy atom. The maximum absolute atomic E-state index is 5.58. The number of rotatable bonds is 6. The van der Waals surface area contributed by atoms with Gasteiger partial charge in [0.05, 0.1) is 6.26 Å². The van der Waals surface area contributed by atoms with E-state index < -0.39 is 0 Å². The van der Waals surface area contributed by atoms with Crippen LogP contribution in [0.2, 0.25) is 0 Å². The van der Waals surface area contributed by atoms with Crippen LogP contribution in [0.1, 0.15) is 17.1 Å². The molecule has 0 amide bonds. The number of thiophene rings is 1. The zero-order valence-electron chi connectivity index (χ0n) is 9.36. The maximum atomic E-state index is 5.58. The van der Waals surface area contributed by atoms with Gasteiger partial charge in [-0.2, -0.15) is 0 Å². The van der Waals surface area contributed by atoms with Crippen molar-refractivity contribution in [1.82, 2.24) is 5.43 Å². The van der Waals surface area contributed by atoms with E-state index in [1.54, 1.807) is 17.6 Å². The highest BCUT2D eigenvalue weighted by atomic mass is 79.9. The van der Waals surface area contributed by atoms with Crippen molar-refractivity contribution in [2.45, 2.75) is 25.3 Å². The number of aryl methyl sites for hydroxylation is 1. The summed E-state index contributed by atoms with van der Waals surface area (Å²) < 4.78 is 6.45. The molecular weight excluding hydrogens is 300 g/mol. The summed E-state index contributed by atoms with van der Waals surface area (Å²) in [7, 11) is 0. The Morgan fingerprint density at radius 1 is 1.53 bits per heavy atom. The van der Waals surface area contributed by atoms with E-state index in [9.17, 15) is 0 Å². The van der Waals surface area contributed by atoms with Gasteiger partial charge in [-0.1, -0.05) is 0 Å². The molecule has 0 fully saturated rings. The molecule has 0 radical (unpaired) electrons. The average Bonchev–Trinajstić information content (AvgIpc) is 2.96. The first kappa shape index (κ1) is 12.8. The monoisotopic (exact) mass is 314 g/mol. The fraction of sp³-hybridized carbons (Fsp3) is 0.333. The Morgan fingerprint density at radius 2 is 2.41 bits per heavy atom. The van der Waals surface area contributed by atoms with Crippen LogP contribution in [-0.2, 0) is 12.8 Å². The highest BCUT2D eigenvalue weighted by Gasteiger charge is 2.10. The fourth-order valence-corrected chi connectivity index (χ4v) is 3.25. The van der Waals surface area contributed by atoms with Gasteiger partial charge >= 0.3 is 0 Å². The molecule has 0 aromatic carbocycles. The minimum absolute atomic E-state index is 0.283. The highest BCUT2D eigenvalue weighted by molar-refractivity contribution is 9.10. The van der Waals surface area contributed by atoms with Crippen LogP contribution in [0, 0.1) is 0 Å². The van der Waals surface area contributed by atoms with E-state index in [-0.39, 0.29) is 6.04 Å². The molecule has 0 aliphatic heterocycles. The van der Waals surface area contributed by atoms with Gasteiger partial charge in [-0.3, -0.25) is 11.3 Å². The van der Waals surface area contributed by atoms with Gasteiger partial charge in [0.1, 0.15) is 5.76 Å². The highest BCUT2D eigenvalue weighted by Crippen LogP contribution is 2.21. The van der Waals surface area contributed by atoms with Crippen molar-refractivity contribution in [3.63, 3.8) is 0 Å². The number of halogens is 1. The fourth-order valence-electron chi connectivity index (χ4n) is 1.72. The largest absolute Gasteiger partial charge is 0.469 e. The van der Waals surface area contributed by atoms with Crippen molar-refractivity contribution in [1.29, 1.82) is 0 Å². The summed E-state index contributed by atoms with van der Waals surface area (Å²) in [5.41, 5.74) is 2.87. The van der Waals surface area contributed by atoms with Crippen molar-refractivity contribution in [3.05, 3.63) is 45.0 Å². The molecule has 1 unspecified atom stereocenters. The van der Waals surface area contributed by atoms with Gasteiger partial charge < -0.3 is 4.42 Å². The molecule has 0 spiro atoms. The van der Waals surface area contributed by atoms with E-state index in [0.29, 0.717) is 0 Å². The predicted molar refractivity (Wildman–Crippen MR) is 73.9 cm³/mol. The summed E-state index contributed by atoms with van der Waals surface area (Å²) in [6.07, 6.45) is 4.54. The first-order chi connectivity index (χ1) is 8.28. The standard InChI is InChI=1S/C12H15BrN2OS/c13-9-6-12(17-8-9)7-10(15-14)3-4-11-2-1-5-16-11/h1-2,5-6,8,10,15H,3-4,7,14H2. The summed E-state index contributed by atoms with van der Waals surface area (Å²) in [6, 6.07) is 6.33. The second-order valence-corrected chi connectivity index (χ2v) is 5.83. The molecule has 2 aromatic heterocycles. The Bertz CT molecular complexity index is 441. The van der Waals surface area contributed by atoms with Gasteiger partial charge in [-0.05, 0) is 47.0 Å². The van der Waals surface area contributed by atoms with Gasteiger partial charge in [0.2, 0.25) is 0 Å². The molecule has 3 nitrogen and oxygen atoms in total. The van der Waals surface area contributed by atoms with Crippen molar-refractivity contribution in [2.24, 2.45) is 5.84 Å². The summed E-state index contributed by atoms with van der Waals surface area (Å²) >= 11 is 5.21. The number of hydrogen-bond acceptors (Lipinski definition) is 4. The summed E-state index contributed by atoms with van der Waals surface area (Å²) in [5.74, 6) is 6.59. The molecule has 0 saturated heterocycles. The molecule has 17 heavy (non-hydrogen) atoms. The van der Waals surface area contributed by atoms with Crippen molar-refractivity contribution in [3.8, 4) is 0 Å². The van der Waals surface area contributed by atoms with E-state index in [4.69, 9.17) is 10.3 Å². The quantitative estimate of drug-likeness (QED) is 0.636. The molecule has 2 rings (SSSR count). The van der Waals surface area contributed by atoms with E-state index in [2.05, 4.69) is 32.8 Å². The molecular formula is C12H15BrN2OS. The number of furan rings is 1. The van der Waals surface area contributed by atoms with Crippen LogP contribution in [0.3, 0.4) is 0 Å². The maximum Gasteiger partial charge on any atom is 0.103 e. The summed E-state index contributed by atoms with van der Waals surface area (Å²) in [5, 5.41) is 2.09. The van der Waals surface area contributed by atoms with Crippen molar-refractivity contribution < 1.29 is 4.42 Å². The first-order valence-corrected chi connectivity index (χ1v) is 7.16. The van der Waals surface area contributed by atoms with Gasteiger partial charge in [-0.15, -0.1) is 11.3 Å². The zero-order chi connectivity index (χ0) is 12.1. The van der Waals surface area contributed by atoms with Crippen LogP contribution in [-0.4, -0.2) is 6.04 Å². The Labute approximate surface area is 113 Å². The molecule has 5 heteroatoms. The molecule has 0 saturated carbocycles. The second-order valence-electron chi connectivity index (χ2n) is 3.92. The molecule has 2 aromatic rings. The van der Waals surface area contributed by atoms with Gasteiger partial charge in [-0.25, -0.2) is 0 Å². The van der Waals surface area contributed by atoms with Gasteiger partial charge in [0.25, 0.3) is 0 Å². The minimum atomic E-state index is 0.283. The van der Waals surface area contributed by atoms with E-state index in [1.807, 2.05) is 12.1 Å². The van der Waals surface area contributed by atoms with E-state index in [1.165, 1.54) is 4.88 Å². The zero-order valence-corrected chi connectivity index (χ0v) is 11.8. The number of nitrogens with one attached hydrogen (secondary N) is 1. The third-order valence-corrected chi connectivity index (χ3v) is 4.34. The Kier molecular flexibility index (Phi) is 4.79. The third kappa shape index (κ3) is 3.96. The lowest BCUT2D eigenvalue weighted by Gasteiger charge is -2.13. The second kappa shape index (κ2) is 6.35. The Balaban J connectivity index is 1.84. The third-order valence-electron chi connectivity index (χ3n) is 2.62. The van der Waals surface area contributed by atoms with Crippen LogP contribution in [0.4, 0.5) is 0 Å². The van der Waals surface area contributed by atoms with Crippen molar-refractivity contribution >= 4 is 27.3 Å². The lowest BCUT2D eigenvalue weighted by molar-refractivity contribution is 0.449. The number of nitrogens with two attached hydrogens (primary N) is 1. The molecule has 0 bridgehead atoms. The van der Waals surface area contributed by atoms with Crippen LogP contribution in [0.25, 0.3) is 0 Å². The summed E-state index contributed by atoms with van der Waals surface area (Å²) in [4.78, 5) is 1.33. The van der Waals surface area contributed by atoms with E-state index in [0.717, 1.165) is 29.5 Å². The van der Waals surface area contributed by atoms with Gasteiger partial charge in [0, 0.05) is 27.2 Å². The van der Waals surface area contributed by atoms with Gasteiger partial charge in [0.15, 0.2) is 0 Å². The first-order valence-electron chi connectivity index (χ1n) is 5.49. The molecule has 0 aliphatic rings. The predicted octanol–water partition coefficient (Wildman–Crippen LogP) is 3.11. The molecule has 1 atom stereocenters. The molecule has 2 heterocycles. The lowest BCUT2D eigenvalue weighted by Crippen LogP contribution is -2.36. The summed E-state index contributed by atoms with van der Waals surface area (Å²) in [6.45, 7) is 0. The average molecular weight is 315 g/mol. The molecule has 0 aliphatic carbocycles. The SMILES string of the molecule is NNC(CCc1ccco1)Cc1cc(Br)cs1. The van der Waals surface area contributed by atoms with Crippen LogP contribution < -0.4 is 11.3 Å². The number of hydrogen-bond donors (Lipinski definition) is 2. The smallest absolute Gasteiger partial charge is 0.103 e. The molecule has 3 N–H and O–H groups in total. The molecule has 92 valence electrons. The lowest BCUT2D eigenvalue weighted by atomic mass is 10.1. The normalized spacial score (nSPS) is 12.8. The van der Waals surface area contributed by atoms with Crippen LogP contribution in [0.5, 0.6) is 0 Å². The van der Waals surface area contributed by atoms with Crippen LogP contribution in [0.15, 0.2) is 38.7 Å². The topological polar surface area (TPSA) is 51.2 Å². The Hall–Kier alpha value is -0.620. The minimum Gasteiger partial charge on any atom is -0.469 e. The van der Waals surface area contributed by atoms with Crippen molar-refractivity contribution in [2.75, 3.05) is 0 Å². The van der Waals surface area contributed by atoms with Crippen LogP contribution >= 0.6 is 27.3 Å². The van der Waals surface area contributed by atoms with E-state index >= 15 is 0 Å². The number of hydrazine groups is 1.